The lowest BCUT2D eigenvalue weighted by atomic mass is 9.92. The molecule has 0 amide bonds. The minimum atomic E-state index is -0.156. The molecule has 0 atom stereocenters. The van der Waals surface area contributed by atoms with E-state index in [4.69, 9.17) is 0 Å². The summed E-state index contributed by atoms with van der Waals surface area (Å²) in [5, 5.41) is 29.2. The quantitative estimate of drug-likeness (QED) is 0.720. The van der Waals surface area contributed by atoms with Crippen molar-refractivity contribution < 1.29 is 15.3 Å². The Morgan fingerprint density at radius 1 is 0.667 bits per heavy atom. The van der Waals surface area contributed by atoms with E-state index in [1.165, 1.54) is 12.1 Å². The molecule has 3 N–H and O–H groups in total. The van der Waals surface area contributed by atoms with Gasteiger partial charge in [-0.2, -0.15) is 0 Å². The van der Waals surface area contributed by atoms with Crippen molar-refractivity contribution in [3.8, 4) is 28.4 Å². The van der Waals surface area contributed by atoms with Crippen molar-refractivity contribution in [2.24, 2.45) is 0 Å². The van der Waals surface area contributed by atoms with E-state index in [0.29, 0.717) is 5.56 Å². The van der Waals surface area contributed by atoms with Crippen LogP contribution < -0.4 is 0 Å². The molecule has 0 saturated heterocycles. The predicted molar refractivity (Wildman–Crippen MR) is 71.1 cm³/mol. The van der Waals surface area contributed by atoms with E-state index in [2.05, 4.69) is 0 Å². The molecule has 2 rings (SSSR count). The van der Waals surface area contributed by atoms with Gasteiger partial charge in [0.25, 0.3) is 0 Å². The molecule has 3 heteroatoms. The summed E-state index contributed by atoms with van der Waals surface area (Å²) >= 11 is 0. The highest BCUT2D eigenvalue weighted by Crippen LogP contribution is 2.43. The number of benzene rings is 2. The summed E-state index contributed by atoms with van der Waals surface area (Å²) in [6.07, 6.45) is 0. The molecule has 0 aliphatic carbocycles. The zero-order valence-corrected chi connectivity index (χ0v) is 10.7. The van der Waals surface area contributed by atoms with Crippen LogP contribution in [0, 0.1) is 20.8 Å². The van der Waals surface area contributed by atoms with E-state index < -0.39 is 0 Å². The zero-order chi connectivity index (χ0) is 13.4. The minimum Gasteiger partial charge on any atom is -0.508 e. The lowest BCUT2D eigenvalue weighted by molar-refractivity contribution is 0.430. The van der Waals surface area contributed by atoms with Crippen LogP contribution in [0.4, 0.5) is 0 Å². The highest BCUT2D eigenvalue weighted by molar-refractivity contribution is 5.81. The summed E-state index contributed by atoms with van der Waals surface area (Å²) in [5.41, 5.74) is 4.25. The number of hydrogen-bond acceptors (Lipinski definition) is 3. The van der Waals surface area contributed by atoms with Gasteiger partial charge in [-0.3, -0.25) is 0 Å². The number of phenolic OH excluding ortho intramolecular Hbond substituents is 3. The van der Waals surface area contributed by atoms with Gasteiger partial charge in [-0.05, 0) is 37.5 Å². The maximum atomic E-state index is 9.92. The summed E-state index contributed by atoms with van der Waals surface area (Å²) < 4.78 is 0. The first kappa shape index (κ1) is 12.3. The Morgan fingerprint density at radius 2 is 1.11 bits per heavy atom. The number of aromatic hydroxyl groups is 3. The average molecular weight is 244 g/mol. The van der Waals surface area contributed by atoms with Gasteiger partial charge in [0, 0.05) is 12.1 Å². The summed E-state index contributed by atoms with van der Waals surface area (Å²) in [7, 11) is 0. The Morgan fingerprint density at radius 3 is 1.56 bits per heavy atom. The summed E-state index contributed by atoms with van der Waals surface area (Å²) in [6, 6.07) is 6.45. The van der Waals surface area contributed by atoms with E-state index in [-0.39, 0.29) is 17.2 Å². The third-order valence-electron chi connectivity index (χ3n) is 3.01. The van der Waals surface area contributed by atoms with Crippen molar-refractivity contribution in [3.05, 3.63) is 41.0 Å². The normalized spacial score (nSPS) is 10.6. The van der Waals surface area contributed by atoms with Gasteiger partial charge >= 0.3 is 0 Å². The van der Waals surface area contributed by atoms with Crippen molar-refractivity contribution in [2.75, 3.05) is 0 Å². The summed E-state index contributed by atoms with van der Waals surface area (Å²) in [6.45, 7) is 5.86. The molecular formula is C15H16O3. The highest BCUT2D eigenvalue weighted by Gasteiger charge is 2.16. The van der Waals surface area contributed by atoms with Crippen LogP contribution in [0.3, 0.4) is 0 Å². The molecule has 0 spiro atoms. The Bertz CT molecular complexity index is 514. The standard InChI is InChI=1S/C15H16O3/c1-8-4-9(2)14(10(3)5-8)15-12(17)6-11(16)7-13(15)18/h4-7,16-18H,1-3H3. The Hall–Kier alpha value is -2.16. The molecule has 94 valence electrons. The molecule has 2 aromatic carbocycles. The van der Waals surface area contributed by atoms with E-state index in [1.54, 1.807) is 0 Å². The molecule has 0 unspecified atom stereocenters. The number of aryl methyl sites for hydroxylation is 3. The second-order valence-corrected chi connectivity index (χ2v) is 4.63. The van der Waals surface area contributed by atoms with Crippen LogP contribution in [0.25, 0.3) is 11.1 Å². The first-order chi connectivity index (χ1) is 8.40. The number of rotatable bonds is 1. The average Bonchev–Trinajstić information content (AvgIpc) is 2.20. The Balaban J connectivity index is 2.78. The molecule has 0 fully saturated rings. The van der Waals surface area contributed by atoms with Crippen molar-refractivity contribution in [1.29, 1.82) is 0 Å². The topological polar surface area (TPSA) is 60.7 Å². The van der Waals surface area contributed by atoms with E-state index in [9.17, 15) is 15.3 Å². The molecule has 3 nitrogen and oxygen atoms in total. The van der Waals surface area contributed by atoms with Gasteiger partial charge in [-0.15, -0.1) is 0 Å². The van der Waals surface area contributed by atoms with Gasteiger partial charge in [0.2, 0.25) is 0 Å². The molecule has 0 aliphatic heterocycles. The minimum absolute atomic E-state index is 0.123. The van der Waals surface area contributed by atoms with Crippen LogP contribution in [-0.4, -0.2) is 15.3 Å². The third kappa shape index (κ3) is 1.99. The fourth-order valence-electron chi connectivity index (χ4n) is 2.43. The van der Waals surface area contributed by atoms with Crippen LogP contribution >= 0.6 is 0 Å². The van der Waals surface area contributed by atoms with Gasteiger partial charge in [-0.1, -0.05) is 17.7 Å². The second kappa shape index (κ2) is 4.26. The number of hydrogen-bond donors (Lipinski definition) is 3. The van der Waals surface area contributed by atoms with Crippen LogP contribution in [0.5, 0.6) is 17.2 Å². The molecule has 0 bridgehead atoms. The largest absolute Gasteiger partial charge is 0.508 e. The van der Waals surface area contributed by atoms with E-state index >= 15 is 0 Å². The SMILES string of the molecule is Cc1cc(C)c(-c2c(O)cc(O)cc2O)c(C)c1. The van der Waals surface area contributed by atoms with Gasteiger partial charge in [0.1, 0.15) is 17.2 Å². The zero-order valence-electron chi connectivity index (χ0n) is 10.7. The van der Waals surface area contributed by atoms with E-state index in [1.807, 2.05) is 32.9 Å². The smallest absolute Gasteiger partial charge is 0.130 e. The molecular weight excluding hydrogens is 228 g/mol. The molecule has 0 aliphatic rings. The molecule has 2 aromatic rings. The summed E-state index contributed by atoms with van der Waals surface area (Å²) in [4.78, 5) is 0. The monoisotopic (exact) mass is 244 g/mol. The molecule has 0 saturated carbocycles. The maximum absolute atomic E-state index is 9.92. The van der Waals surface area contributed by atoms with Gasteiger partial charge in [0.05, 0.1) is 5.56 Å². The lowest BCUT2D eigenvalue weighted by Gasteiger charge is -2.14. The van der Waals surface area contributed by atoms with Crippen molar-refractivity contribution in [1.82, 2.24) is 0 Å². The van der Waals surface area contributed by atoms with Crippen LogP contribution in [0.1, 0.15) is 16.7 Å². The van der Waals surface area contributed by atoms with Crippen molar-refractivity contribution in [2.45, 2.75) is 20.8 Å². The van der Waals surface area contributed by atoms with Gasteiger partial charge in [0.15, 0.2) is 0 Å². The van der Waals surface area contributed by atoms with Gasteiger partial charge in [-0.25, -0.2) is 0 Å². The Kier molecular flexibility index (Phi) is 2.91. The highest BCUT2D eigenvalue weighted by atomic mass is 16.3. The lowest BCUT2D eigenvalue weighted by Crippen LogP contribution is -1.91. The molecule has 18 heavy (non-hydrogen) atoms. The van der Waals surface area contributed by atoms with Crippen molar-refractivity contribution in [3.63, 3.8) is 0 Å². The third-order valence-corrected chi connectivity index (χ3v) is 3.01. The fraction of sp³-hybridized carbons (Fsp3) is 0.200. The number of phenols is 3. The summed E-state index contributed by atoms with van der Waals surface area (Å²) in [5.74, 6) is -0.402. The first-order valence-corrected chi connectivity index (χ1v) is 5.73. The van der Waals surface area contributed by atoms with Crippen molar-refractivity contribution >= 4 is 0 Å². The fourth-order valence-corrected chi connectivity index (χ4v) is 2.43. The van der Waals surface area contributed by atoms with Gasteiger partial charge < -0.3 is 15.3 Å². The maximum Gasteiger partial charge on any atom is 0.130 e. The van der Waals surface area contributed by atoms with Crippen LogP contribution in [0.15, 0.2) is 24.3 Å². The van der Waals surface area contributed by atoms with Crippen LogP contribution in [-0.2, 0) is 0 Å². The first-order valence-electron chi connectivity index (χ1n) is 5.73. The predicted octanol–water partition coefficient (Wildman–Crippen LogP) is 3.40. The Labute approximate surface area is 106 Å². The molecule has 0 aromatic heterocycles. The second-order valence-electron chi connectivity index (χ2n) is 4.63. The molecule has 0 heterocycles. The van der Waals surface area contributed by atoms with Crippen LogP contribution in [0.2, 0.25) is 0 Å². The molecule has 0 radical (unpaired) electrons. The van der Waals surface area contributed by atoms with E-state index in [0.717, 1.165) is 22.3 Å².